The van der Waals surface area contributed by atoms with Gasteiger partial charge in [-0.2, -0.15) is 22.5 Å². The molecule has 2 heterocycles. The van der Waals surface area contributed by atoms with Gasteiger partial charge in [-0.25, -0.2) is 9.97 Å². The second-order valence-electron chi connectivity index (χ2n) is 7.67. The number of nitrogens with one attached hydrogen (secondary N) is 1. The molecule has 0 aliphatic heterocycles. The Hall–Kier alpha value is -2.62. The van der Waals surface area contributed by atoms with Gasteiger partial charge in [0.05, 0.1) is 17.9 Å². The van der Waals surface area contributed by atoms with Gasteiger partial charge in [0.25, 0.3) is 10.2 Å². The predicted molar refractivity (Wildman–Crippen MR) is 115 cm³/mol. The smallest absolute Gasteiger partial charge is 0.269 e. The summed E-state index contributed by atoms with van der Waals surface area (Å²) in [6.45, 7) is 0.352. The minimum atomic E-state index is -3.53. The van der Waals surface area contributed by atoms with Gasteiger partial charge < -0.3 is 0 Å². The highest BCUT2D eigenvalue weighted by Gasteiger charge is 2.28. The molecule has 1 N–H and O–H groups in total. The Morgan fingerprint density at radius 3 is 2.60 bits per heavy atom. The van der Waals surface area contributed by atoms with Crippen molar-refractivity contribution in [1.82, 2.24) is 28.8 Å². The van der Waals surface area contributed by atoms with Gasteiger partial charge in [0.1, 0.15) is 6.33 Å². The zero-order valence-corrected chi connectivity index (χ0v) is 17.7. The van der Waals surface area contributed by atoms with Gasteiger partial charge in [-0.1, -0.05) is 30.3 Å². The Morgan fingerprint density at radius 1 is 1.13 bits per heavy atom. The van der Waals surface area contributed by atoms with E-state index in [-0.39, 0.29) is 12.1 Å². The van der Waals surface area contributed by atoms with Crippen LogP contribution in [0, 0.1) is 0 Å². The molecule has 0 radical (unpaired) electrons. The van der Waals surface area contributed by atoms with E-state index in [4.69, 9.17) is 0 Å². The van der Waals surface area contributed by atoms with Gasteiger partial charge in [0.2, 0.25) is 0 Å². The van der Waals surface area contributed by atoms with Crippen molar-refractivity contribution >= 4 is 10.2 Å². The van der Waals surface area contributed by atoms with Crippen LogP contribution < -0.4 is 4.72 Å². The van der Waals surface area contributed by atoms with Crippen LogP contribution in [0.15, 0.2) is 61.3 Å². The van der Waals surface area contributed by atoms with E-state index in [9.17, 15) is 8.42 Å². The van der Waals surface area contributed by atoms with Crippen molar-refractivity contribution in [2.24, 2.45) is 0 Å². The molecular weight excluding hydrogens is 400 g/mol. The number of aromatic nitrogens is 4. The summed E-state index contributed by atoms with van der Waals surface area (Å²) in [5.74, 6) is 0. The number of hydrogen-bond donors (Lipinski definition) is 1. The van der Waals surface area contributed by atoms with Crippen molar-refractivity contribution in [3.63, 3.8) is 0 Å². The van der Waals surface area contributed by atoms with E-state index in [1.807, 2.05) is 53.5 Å². The zero-order chi connectivity index (χ0) is 21.0. The maximum atomic E-state index is 12.7. The quantitative estimate of drug-likeness (QED) is 0.627. The molecular formula is C21H26N6O2S. The molecule has 2 aromatic heterocycles. The summed E-state index contributed by atoms with van der Waals surface area (Å²) < 4.78 is 31.6. The standard InChI is InChI=1S/C21H26N6O2S/c1-26(14-17-5-3-2-4-6-17)30(28,29)25-19-7-9-20(10-8-19)27-15-18(13-24-27)21-11-12-22-16-23-21/h2-6,11-13,15-16,19-20,25H,7-10,14H2,1H3. The second kappa shape index (κ2) is 9.03. The van der Waals surface area contributed by atoms with Crippen LogP contribution in [-0.4, -0.2) is 45.6 Å². The number of benzene rings is 1. The normalized spacial score (nSPS) is 19.8. The van der Waals surface area contributed by atoms with Crippen LogP contribution in [0.4, 0.5) is 0 Å². The fourth-order valence-corrected chi connectivity index (χ4v) is 4.97. The van der Waals surface area contributed by atoms with Crippen molar-refractivity contribution in [3.05, 3.63) is 66.9 Å². The third-order valence-corrected chi connectivity index (χ3v) is 7.10. The lowest BCUT2D eigenvalue weighted by atomic mass is 9.92. The number of nitrogens with zero attached hydrogens (tertiary/aromatic N) is 5. The van der Waals surface area contributed by atoms with E-state index >= 15 is 0 Å². The Labute approximate surface area is 177 Å². The first-order valence-corrected chi connectivity index (χ1v) is 11.5. The molecule has 0 spiro atoms. The Balaban J connectivity index is 1.32. The third kappa shape index (κ3) is 4.92. The molecule has 1 fully saturated rings. The summed E-state index contributed by atoms with van der Waals surface area (Å²) in [5, 5.41) is 4.50. The molecule has 0 bridgehead atoms. The van der Waals surface area contributed by atoms with Gasteiger partial charge in [-0.15, -0.1) is 0 Å². The van der Waals surface area contributed by atoms with E-state index in [1.165, 1.54) is 10.6 Å². The average Bonchev–Trinajstić information content (AvgIpc) is 3.26. The SMILES string of the molecule is CN(Cc1ccccc1)S(=O)(=O)NC1CCC(n2cc(-c3ccncn3)cn2)CC1. The molecule has 1 aliphatic rings. The highest BCUT2D eigenvalue weighted by Crippen LogP contribution is 2.29. The molecule has 30 heavy (non-hydrogen) atoms. The summed E-state index contributed by atoms with van der Waals surface area (Å²) in [6.07, 6.45) is 10.4. The predicted octanol–water partition coefficient (Wildman–Crippen LogP) is 2.79. The Kier molecular flexibility index (Phi) is 6.21. The average molecular weight is 427 g/mol. The molecule has 0 unspecified atom stereocenters. The van der Waals surface area contributed by atoms with Gasteiger partial charge >= 0.3 is 0 Å². The van der Waals surface area contributed by atoms with Gasteiger partial charge in [-0.3, -0.25) is 4.68 Å². The van der Waals surface area contributed by atoms with E-state index in [0.29, 0.717) is 6.54 Å². The van der Waals surface area contributed by atoms with Crippen molar-refractivity contribution in [2.75, 3.05) is 7.05 Å². The Bertz CT molecular complexity index is 1050. The summed E-state index contributed by atoms with van der Waals surface area (Å²) in [4.78, 5) is 8.20. The largest absolute Gasteiger partial charge is 0.279 e. The molecule has 3 aromatic rings. The van der Waals surface area contributed by atoms with Crippen molar-refractivity contribution in [2.45, 2.75) is 44.3 Å². The molecule has 8 nitrogen and oxygen atoms in total. The molecule has 0 atom stereocenters. The number of rotatable bonds is 7. The molecule has 1 aliphatic carbocycles. The lowest BCUT2D eigenvalue weighted by Crippen LogP contribution is -2.44. The molecule has 1 saturated carbocycles. The first-order valence-electron chi connectivity index (χ1n) is 10.1. The number of hydrogen-bond acceptors (Lipinski definition) is 5. The summed E-state index contributed by atoms with van der Waals surface area (Å²) in [7, 11) is -1.91. The molecule has 1 aromatic carbocycles. The monoisotopic (exact) mass is 426 g/mol. The fourth-order valence-electron chi connectivity index (χ4n) is 3.82. The first-order chi connectivity index (χ1) is 14.5. The van der Waals surface area contributed by atoms with Crippen LogP contribution in [0.2, 0.25) is 0 Å². The minimum Gasteiger partial charge on any atom is -0.269 e. The lowest BCUT2D eigenvalue weighted by molar-refractivity contribution is 0.290. The van der Waals surface area contributed by atoms with E-state index in [0.717, 1.165) is 42.5 Å². The van der Waals surface area contributed by atoms with Crippen molar-refractivity contribution in [3.8, 4) is 11.3 Å². The van der Waals surface area contributed by atoms with E-state index in [2.05, 4.69) is 19.8 Å². The van der Waals surface area contributed by atoms with E-state index in [1.54, 1.807) is 13.2 Å². The summed E-state index contributed by atoms with van der Waals surface area (Å²) in [6, 6.07) is 11.7. The zero-order valence-electron chi connectivity index (χ0n) is 16.9. The molecule has 158 valence electrons. The third-order valence-electron chi connectivity index (χ3n) is 5.52. The summed E-state index contributed by atoms with van der Waals surface area (Å²) >= 11 is 0. The fraction of sp³-hybridized carbons (Fsp3) is 0.381. The van der Waals surface area contributed by atoms with Crippen molar-refractivity contribution < 1.29 is 8.42 Å². The topological polar surface area (TPSA) is 93.0 Å². The first kappa shape index (κ1) is 20.6. The molecule has 9 heteroatoms. The highest BCUT2D eigenvalue weighted by atomic mass is 32.2. The maximum absolute atomic E-state index is 12.7. The van der Waals surface area contributed by atoms with Crippen LogP contribution in [0.25, 0.3) is 11.3 Å². The van der Waals surface area contributed by atoms with E-state index < -0.39 is 10.2 Å². The molecule has 0 saturated heterocycles. The van der Waals surface area contributed by atoms with Crippen LogP contribution >= 0.6 is 0 Å². The van der Waals surface area contributed by atoms with Gasteiger partial charge in [0, 0.05) is 37.6 Å². The Morgan fingerprint density at radius 2 is 1.90 bits per heavy atom. The lowest BCUT2D eigenvalue weighted by Gasteiger charge is -2.30. The maximum Gasteiger partial charge on any atom is 0.279 e. The molecule has 0 amide bonds. The van der Waals surface area contributed by atoms with Crippen LogP contribution in [0.5, 0.6) is 0 Å². The van der Waals surface area contributed by atoms with Crippen LogP contribution in [0.3, 0.4) is 0 Å². The molecule has 4 rings (SSSR count). The second-order valence-corrected chi connectivity index (χ2v) is 9.48. The van der Waals surface area contributed by atoms with Crippen molar-refractivity contribution in [1.29, 1.82) is 0 Å². The summed E-state index contributed by atoms with van der Waals surface area (Å²) in [5.41, 5.74) is 2.77. The van der Waals surface area contributed by atoms with Gasteiger partial charge in [-0.05, 0) is 37.3 Å². The van der Waals surface area contributed by atoms with Crippen LogP contribution in [-0.2, 0) is 16.8 Å². The highest BCUT2D eigenvalue weighted by molar-refractivity contribution is 7.87. The van der Waals surface area contributed by atoms with Crippen LogP contribution in [0.1, 0.15) is 37.3 Å². The minimum absolute atomic E-state index is 0.0543. The van der Waals surface area contributed by atoms with Gasteiger partial charge in [0.15, 0.2) is 0 Å².